The molecule has 0 amide bonds. The molecule has 0 rings (SSSR count). The van der Waals surface area contributed by atoms with Gasteiger partial charge in [0.15, 0.2) is 12.2 Å². The fourth-order valence-corrected chi connectivity index (χ4v) is 12.8. The van der Waals surface area contributed by atoms with Gasteiger partial charge < -0.3 is 33.8 Å². The predicted molar refractivity (Wildman–Crippen MR) is 377 cm³/mol. The van der Waals surface area contributed by atoms with Crippen LogP contribution in [0.2, 0.25) is 0 Å². The van der Waals surface area contributed by atoms with Crippen molar-refractivity contribution in [1.29, 1.82) is 0 Å². The van der Waals surface area contributed by atoms with E-state index in [4.69, 9.17) is 37.0 Å². The molecule has 3 unspecified atom stereocenters. The third-order valence-electron chi connectivity index (χ3n) is 17.1. The molecule has 0 heterocycles. The Bertz CT molecular complexity index is 1830. The Morgan fingerprint density at radius 1 is 0.269 bits per heavy atom. The molecule has 0 radical (unpaired) electrons. The number of phosphoric acid groups is 2. The van der Waals surface area contributed by atoms with E-state index in [1.54, 1.807) is 0 Å². The van der Waals surface area contributed by atoms with E-state index in [1.165, 1.54) is 167 Å². The Morgan fingerprint density at radius 2 is 0.452 bits per heavy atom. The summed E-state index contributed by atoms with van der Waals surface area (Å²) in [5.74, 6) is 0.833. The summed E-state index contributed by atoms with van der Waals surface area (Å²) in [5.41, 5.74) is 0. The summed E-state index contributed by atoms with van der Waals surface area (Å²) in [6.07, 6.45) is 47.6. The summed E-state index contributed by atoms with van der Waals surface area (Å²) in [5, 5.41) is 10.6. The number of hydrogen-bond donors (Lipinski definition) is 3. The van der Waals surface area contributed by atoms with Crippen molar-refractivity contribution in [3.05, 3.63) is 0 Å². The highest BCUT2D eigenvalue weighted by Crippen LogP contribution is 2.45. The molecule has 5 atom stereocenters. The Balaban J connectivity index is 5.16. The Kier molecular flexibility index (Phi) is 62.2. The molecular weight excluding hydrogens is 1220 g/mol. The summed E-state index contributed by atoms with van der Waals surface area (Å²) in [7, 11) is -9.91. The maximum atomic E-state index is 13.0. The van der Waals surface area contributed by atoms with Crippen LogP contribution in [-0.4, -0.2) is 96.7 Å². The maximum absolute atomic E-state index is 13.0. The normalized spacial score (nSPS) is 14.2. The second-order valence-corrected chi connectivity index (χ2v) is 31.5. The SMILES string of the molecule is CC(C)CCCCCCCCCCCCCCCCCCCCC(=O)O[C@H](COC(=O)CCCCCCCCC(C)C)COP(=O)(O)OCC(O)COP(=O)(O)OC[C@@H](COC(=O)CCCCCCCCCCCC(C)C)OC(=O)CCCCCCCCCCC(C)C. The minimum absolute atomic E-state index is 0.104. The van der Waals surface area contributed by atoms with E-state index in [2.05, 4.69) is 55.4 Å². The van der Waals surface area contributed by atoms with Gasteiger partial charge in [-0.25, -0.2) is 9.13 Å². The predicted octanol–water partition coefficient (Wildman–Crippen LogP) is 21.3. The second-order valence-electron chi connectivity index (χ2n) is 28.6. The van der Waals surface area contributed by atoms with Crippen molar-refractivity contribution in [2.45, 2.75) is 388 Å². The number of unbranched alkanes of at least 4 members (excludes halogenated alkanes) is 37. The molecule has 0 saturated carbocycles. The summed E-state index contributed by atoms with van der Waals surface area (Å²) in [6.45, 7) is 14.1. The number of ether oxygens (including phenoxy) is 4. The Labute approximate surface area is 568 Å². The van der Waals surface area contributed by atoms with Gasteiger partial charge in [0.1, 0.15) is 19.3 Å². The van der Waals surface area contributed by atoms with Gasteiger partial charge in [-0.1, -0.05) is 319 Å². The van der Waals surface area contributed by atoms with Gasteiger partial charge in [0, 0.05) is 25.7 Å². The van der Waals surface area contributed by atoms with Crippen molar-refractivity contribution < 1.29 is 80.2 Å². The molecule has 17 nitrogen and oxygen atoms in total. The van der Waals surface area contributed by atoms with E-state index in [0.717, 1.165) is 114 Å². The largest absolute Gasteiger partial charge is 0.472 e. The number of carbonyl (C=O) groups is 4. The van der Waals surface area contributed by atoms with Gasteiger partial charge in [-0.05, 0) is 49.4 Å². The van der Waals surface area contributed by atoms with Crippen molar-refractivity contribution in [3.63, 3.8) is 0 Å². The fraction of sp³-hybridized carbons (Fsp3) is 0.946. The highest BCUT2D eigenvalue weighted by atomic mass is 31.2. The van der Waals surface area contributed by atoms with E-state index in [9.17, 15) is 43.2 Å². The lowest BCUT2D eigenvalue weighted by Gasteiger charge is -2.21. The zero-order valence-electron chi connectivity index (χ0n) is 60.9. The molecule has 552 valence electrons. The number of rotatable bonds is 71. The standard InChI is InChI=1S/C74H144O17P2/c1-64(2)50-42-34-26-20-17-15-13-11-9-10-12-14-16-18-22-30-40-48-56-73(78)90-70(61-85-72(77)55-47-39-33-32-37-45-53-67(7)8)63-89-93(82,83)87-59-68(75)58-86-92(80,81)88-62-69(91-74(79)57-49-41-31-25-24-28-36-44-52-66(5)6)60-84-71(76)54-46-38-29-23-19-21-27-35-43-51-65(3)4/h64-70,75H,9-63H2,1-8H3,(H,80,81)(H,82,83)/t68?,69-,70-/m1/s1. The van der Waals surface area contributed by atoms with Crippen LogP contribution in [0.15, 0.2) is 0 Å². The van der Waals surface area contributed by atoms with Gasteiger partial charge in [-0.2, -0.15) is 0 Å². The quantitative estimate of drug-likeness (QED) is 0.0222. The van der Waals surface area contributed by atoms with Crippen LogP contribution in [0.3, 0.4) is 0 Å². The van der Waals surface area contributed by atoms with Gasteiger partial charge in [0.25, 0.3) is 0 Å². The average molecular weight is 1370 g/mol. The molecule has 0 aromatic rings. The highest BCUT2D eigenvalue weighted by molar-refractivity contribution is 7.47. The van der Waals surface area contributed by atoms with Crippen molar-refractivity contribution in [2.75, 3.05) is 39.6 Å². The molecule has 93 heavy (non-hydrogen) atoms. The lowest BCUT2D eigenvalue weighted by atomic mass is 10.0. The first-order chi connectivity index (χ1) is 44.6. The third-order valence-corrected chi connectivity index (χ3v) is 19.0. The maximum Gasteiger partial charge on any atom is 0.472 e. The minimum Gasteiger partial charge on any atom is -0.462 e. The molecule has 0 aliphatic carbocycles. The number of hydrogen-bond acceptors (Lipinski definition) is 15. The van der Waals surface area contributed by atoms with E-state index in [-0.39, 0.29) is 25.7 Å². The zero-order valence-corrected chi connectivity index (χ0v) is 62.7. The summed E-state index contributed by atoms with van der Waals surface area (Å²) in [6, 6.07) is 0. The number of aliphatic hydroxyl groups is 1. The van der Waals surface area contributed by atoms with Crippen LogP contribution in [0.4, 0.5) is 0 Å². The number of aliphatic hydroxyl groups excluding tert-OH is 1. The molecular formula is C74H144O17P2. The van der Waals surface area contributed by atoms with Crippen LogP contribution in [-0.2, 0) is 65.4 Å². The minimum atomic E-state index is -4.95. The van der Waals surface area contributed by atoms with E-state index >= 15 is 0 Å². The molecule has 0 aromatic heterocycles. The molecule has 0 aromatic carbocycles. The lowest BCUT2D eigenvalue weighted by molar-refractivity contribution is -0.161. The molecule has 0 saturated heterocycles. The molecule has 0 bridgehead atoms. The first-order valence-electron chi connectivity index (χ1n) is 38.2. The summed E-state index contributed by atoms with van der Waals surface area (Å²) >= 11 is 0. The van der Waals surface area contributed by atoms with Crippen molar-refractivity contribution in [1.82, 2.24) is 0 Å². The smallest absolute Gasteiger partial charge is 0.462 e. The number of phosphoric ester groups is 2. The molecule has 0 aliphatic heterocycles. The van der Waals surface area contributed by atoms with Gasteiger partial charge in [0.2, 0.25) is 0 Å². The zero-order chi connectivity index (χ0) is 68.9. The Morgan fingerprint density at radius 3 is 0.667 bits per heavy atom. The molecule has 19 heteroatoms. The Hall–Kier alpha value is -1.94. The van der Waals surface area contributed by atoms with Crippen LogP contribution in [0.5, 0.6) is 0 Å². The summed E-state index contributed by atoms with van der Waals surface area (Å²) < 4.78 is 68.3. The van der Waals surface area contributed by atoms with Crippen LogP contribution in [0.25, 0.3) is 0 Å². The van der Waals surface area contributed by atoms with Crippen molar-refractivity contribution in [2.24, 2.45) is 23.7 Å². The van der Waals surface area contributed by atoms with Crippen LogP contribution >= 0.6 is 15.6 Å². The van der Waals surface area contributed by atoms with Gasteiger partial charge in [-0.15, -0.1) is 0 Å². The molecule has 3 N–H and O–H groups in total. The fourth-order valence-electron chi connectivity index (χ4n) is 11.2. The van der Waals surface area contributed by atoms with E-state index < -0.39 is 97.5 Å². The third kappa shape index (κ3) is 68.4. The van der Waals surface area contributed by atoms with E-state index in [0.29, 0.717) is 31.6 Å². The molecule has 0 fully saturated rings. The topological polar surface area (TPSA) is 237 Å². The first-order valence-corrected chi connectivity index (χ1v) is 41.2. The van der Waals surface area contributed by atoms with Gasteiger partial charge in [0.05, 0.1) is 26.4 Å². The highest BCUT2D eigenvalue weighted by Gasteiger charge is 2.30. The average Bonchev–Trinajstić information content (AvgIpc) is 1.92. The lowest BCUT2D eigenvalue weighted by Crippen LogP contribution is -2.30. The van der Waals surface area contributed by atoms with Gasteiger partial charge >= 0.3 is 39.5 Å². The van der Waals surface area contributed by atoms with Crippen LogP contribution in [0, 0.1) is 23.7 Å². The van der Waals surface area contributed by atoms with Gasteiger partial charge in [-0.3, -0.25) is 37.3 Å². The second kappa shape index (κ2) is 63.5. The molecule has 0 spiro atoms. The number of carbonyl (C=O) groups excluding carboxylic acids is 4. The van der Waals surface area contributed by atoms with E-state index in [1.807, 2.05) is 0 Å². The number of esters is 4. The molecule has 0 aliphatic rings. The van der Waals surface area contributed by atoms with Crippen molar-refractivity contribution >= 4 is 39.5 Å². The first kappa shape index (κ1) is 91.1. The summed E-state index contributed by atoms with van der Waals surface area (Å²) in [4.78, 5) is 72.6. The van der Waals surface area contributed by atoms with Crippen LogP contribution < -0.4 is 0 Å². The monoisotopic (exact) mass is 1370 g/mol. The van der Waals surface area contributed by atoms with Crippen LogP contribution in [0.1, 0.15) is 370 Å². The van der Waals surface area contributed by atoms with Crippen molar-refractivity contribution in [3.8, 4) is 0 Å².